The molecule has 224 valence electrons. The lowest BCUT2D eigenvalue weighted by molar-refractivity contribution is 0.370. The van der Waals surface area contributed by atoms with Gasteiger partial charge in [-0.2, -0.15) is 0 Å². The van der Waals surface area contributed by atoms with E-state index >= 15 is 0 Å². The molecule has 0 heterocycles. The van der Waals surface area contributed by atoms with E-state index in [0.717, 1.165) is 22.3 Å². The zero-order chi connectivity index (χ0) is 31.2. The molecule has 0 spiro atoms. The lowest BCUT2D eigenvalue weighted by Gasteiger charge is -2.27. The van der Waals surface area contributed by atoms with Gasteiger partial charge in [-0.05, 0) is 70.8 Å². The molecule has 8 heteroatoms. The molecular weight excluding hydrogens is 536 g/mol. The Kier molecular flexibility index (Phi) is 9.73. The third-order valence-electron chi connectivity index (χ3n) is 7.61. The minimum Gasteiger partial charge on any atom is -0.504 e. The molecule has 0 amide bonds. The van der Waals surface area contributed by atoms with Gasteiger partial charge in [-0.15, -0.1) is 0 Å². The zero-order valence-electron chi connectivity index (χ0n) is 25.4. The molecule has 0 atom stereocenters. The van der Waals surface area contributed by atoms with E-state index in [0.29, 0.717) is 23.0 Å². The summed E-state index contributed by atoms with van der Waals surface area (Å²) in [5, 5.41) is 38.8. The number of hydrogen-bond donors (Lipinski definition) is 4. The Morgan fingerprint density at radius 2 is 0.571 bits per heavy atom. The van der Waals surface area contributed by atoms with Gasteiger partial charge in [0.25, 0.3) is 0 Å². The van der Waals surface area contributed by atoms with Crippen LogP contribution >= 0.6 is 0 Å². The molecule has 0 aliphatic carbocycles. The van der Waals surface area contributed by atoms with E-state index in [9.17, 15) is 20.4 Å². The van der Waals surface area contributed by atoms with E-state index < -0.39 is 0 Å². The third kappa shape index (κ3) is 6.60. The van der Waals surface area contributed by atoms with Crippen LogP contribution in [0.5, 0.6) is 46.0 Å². The molecule has 0 fully saturated rings. The van der Waals surface area contributed by atoms with Crippen LogP contribution in [0.25, 0.3) is 0 Å². The fraction of sp³-hybridized carbons (Fsp3) is 0.294. The molecule has 0 aromatic heterocycles. The fourth-order valence-electron chi connectivity index (χ4n) is 4.60. The van der Waals surface area contributed by atoms with Crippen LogP contribution < -0.4 is 18.9 Å². The average Bonchev–Trinajstić information content (AvgIpc) is 2.98. The van der Waals surface area contributed by atoms with Gasteiger partial charge in [-0.3, -0.25) is 0 Å². The van der Waals surface area contributed by atoms with Crippen LogP contribution in [0.3, 0.4) is 0 Å². The summed E-state index contributed by atoms with van der Waals surface area (Å²) < 4.78 is 20.7. The van der Waals surface area contributed by atoms with Crippen LogP contribution in [0.15, 0.2) is 72.8 Å². The second-order valence-corrected chi connectivity index (χ2v) is 10.8. The van der Waals surface area contributed by atoms with Crippen LogP contribution in [-0.2, 0) is 10.8 Å². The standard InChI is InChI=1S/2C17H20O4/c2*1-17(2,11-5-7-13(18)15(9-11)20-3)12-6-8-14(19)16(10-12)21-4/h2*5-10,18-19H,1-4H3. The van der Waals surface area contributed by atoms with E-state index in [4.69, 9.17) is 18.9 Å². The molecule has 0 saturated heterocycles. The van der Waals surface area contributed by atoms with Crippen molar-refractivity contribution in [2.75, 3.05) is 28.4 Å². The summed E-state index contributed by atoms with van der Waals surface area (Å²) in [6.07, 6.45) is 0. The first-order valence-electron chi connectivity index (χ1n) is 13.3. The predicted octanol–water partition coefficient (Wildman–Crippen LogP) is 6.88. The molecule has 42 heavy (non-hydrogen) atoms. The molecule has 0 radical (unpaired) electrons. The monoisotopic (exact) mass is 576 g/mol. The van der Waals surface area contributed by atoms with Crippen LogP contribution in [0.4, 0.5) is 0 Å². The summed E-state index contributed by atoms with van der Waals surface area (Å²) >= 11 is 0. The van der Waals surface area contributed by atoms with Gasteiger partial charge in [0.2, 0.25) is 0 Å². The van der Waals surface area contributed by atoms with Crippen LogP contribution in [0.2, 0.25) is 0 Å². The highest BCUT2D eigenvalue weighted by Gasteiger charge is 2.26. The van der Waals surface area contributed by atoms with Crippen molar-refractivity contribution in [3.63, 3.8) is 0 Å². The smallest absolute Gasteiger partial charge is 0.160 e. The molecule has 8 nitrogen and oxygen atoms in total. The van der Waals surface area contributed by atoms with Crippen LogP contribution in [0, 0.1) is 0 Å². The maximum Gasteiger partial charge on any atom is 0.160 e. The highest BCUT2D eigenvalue weighted by Crippen LogP contribution is 2.40. The first-order valence-corrected chi connectivity index (χ1v) is 13.3. The molecule has 0 aliphatic heterocycles. The van der Waals surface area contributed by atoms with Crippen LogP contribution in [0.1, 0.15) is 49.9 Å². The van der Waals surface area contributed by atoms with E-state index in [2.05, 4.69) is 27.7 Å². The molecule has 4 rings (SSSR count). The number of ether oxygens (including phenoxy) is 4. The van der Waals surface area contributed by atoms with Crippen molar-refractivity contribution in [1.82, 2.24) is 0 Å². The normalized spacial score (nSPS) is 11.2. The Labute approximate surface area is 247 Å². The summed E-state index contributed by atoms with van der Waals surface area (Å²) in [6, 6.07) is 21.2. The quantitative estimate of drug-likeness (QED) is 0.179. The van der Waals surface area contributed by atoms with Crippen molar-refractivity contribution in [1.29, 1.82) is 0 Å². The molecule has 4 aromatic rings. The second kappa shape index (κ2) is 12.9. The van der Waals surface area contributed by atoms with Gasteiger partial charge in [0.15, 0.2) is 46.0 Å². The molecular formula is C34H40O8. The summed E-state index contributed by atoms with van der Waals surface area (Å²) in [5.41, 5.74) is 3.30. The predicted molar refractivity (Wildman–Crippen MR) is 163 cm³/mol. The minimum atomic E-state index is -0.331. The average molecular weight is 577 g/mol. The first-order chi connectivity index (χ1) is 19.8. The van der Waals surface area contributed by atoms with E-state index in [1.54, 1.807) is 24.3 Å². The van der Waals surface area contributed by atoms with E-state index in [-0.39, 0.29) is 33.8 Å². The first kappa shape index (κ1) is 31.8. The van der Waals surface area contributed by atoms with Crippen molar-refractivity contribution < 1.29 is 39.4 Å². The summed E-state index contributed by atoms with van der Waals surface area (Å²) in [6.45, 7) is 8.24. The second-order valence-electron chi connectivity index (χ2n) is 10.8. The number of rotatable bonds is 8. The maximum atomic E-state index is 9.71. The maximum absolute atomic E-state index is 9.71. The van der Waals surface area contributed by atoms with Gasteiger partial charge in [0, 0.05) is 10.8 Å². The fourth-order valence-corrected chi connectivity index (χ4v) is 4.60. The summed E-state index contributed by atoms with van der Waals surface area (Å²) in [4.78, 5) is 0. The molecule has 0 saturated carbocycles. The summed E-state index contributed by atoms with van der Waals surface area (Å²) in [7, 11) is 6.09. The Hall–Kier alpha value is -4.72. The van der Waals surface area contributed by atoms with Gasteiger partial charge in [0.05, 0.1) is 28.4 Å². The highest BCUT2D eigenvalue weighted by atomic mass is 16.5. The molecule has 4 aromatic carbocycles. The van der Waals surface area contributed by atoms with Crippen molar-refractivity contribution >= 4 is 0 Å². The van der Waals surface area contributed by atoms with Crippen molar-refractivity contribution in [3.05, 3.63) is 95.1 Å². The molecule has 4 N–H and O–H groups in total. The lowest BCUT2D eigenvalue weighted by atomic mass is 9.78. The van der Waals surface area contributed by atoms with Crippen molar-refractivity contribution in [3.8, 4) is 46.0 Å². The van der Waals surface area contributed by atoms with E-state index in [1.165, 1.54) is 28.4 Å². The zero-order valence-corrected chi connectivity index (χ0v) is 25.4. The van der Waals surface area contributed by atoms with Crippen LogP contribution in [-0.4, -0.2) is 48.9 Å². The molecule has 0 unspecified atom stereocenters. The Bertz CT molecular complexity index is 1300. The number of phenols is 4. The van der Waals surface area contributed by atoms with Gasteiger partial charge < -0.3 is 39.4 Å². The molecule has 0 aliphatic rings. The largest absolute Gasteiger partial charge is 0.504 e. The number of aromatic hydroxyl groups is 4. The highest BCUT2D eigenvalue weighted by molar-refractivity contribution is 5.52. The van der Waals surface area contributed by atoms with Gasteiger partial charge >= 0.3 is 0 Å². The number of methoxy groups -OCH3 is 4. The summed E-state index contributed by atoms with van der Waals surface area (Å²) in [5.74, 6) is 2.19. The van der Waals surface area contributed by atoms with E-state index in [1.807, 2.05) is 48.5 Å². The number of benzene rings is 4. The Balaban J connectivity index is 0.000000230. The SMILES string of the molecule is COc1cc(C(C)(C)c2ccc(O)c(OC)c2)ccc1O.COc1cc(C(C)(C)c2ccc(O)c(OC)c2)ccc1O. The lowest BCUT2D eigenvalue weighted by Crippen LogP contribution is -2.19. The van der Waals surface area contributed by atoms with Crippen molar-refractivity contribution in [2.24, 2.45) is 0 Å². The minimum absolute atomic E-state index is 0.111. The van der Waals surface area contributed by atoms with Gasteiger partial charge in [-0.1, -0.05) is 52.0 Å². The van der Waals surface area contributed by atoms with Crippen molar-refractivity contribution in [2.45, 2.75) is 38.5 Å². The topological polar surface area (TPSA) is 118 Å². The Morgan fingerprint density at radius 3 is 0.738 bits per heavy atom. The molecule has 0 bridgehead atoms. The Morgan fingerprint density at radius 1 is 0.381 bits per heavy atom. The van der Waals surface area contributed by atoms with Gasteiger partial charge in [-0.25, -0.2) is 0 Å². The number of hydrogen-bond acceptors (Lipinski definition) is 8. The third-order valence-corrected chi connectivity index (χ3v) is 7.61. The van der Waals surface area contributed by atoms with Gasteiger partial charge in [0.1, 0.15) is 0 Å². The number of phenolic OH excluding ortho intramolecular Hbond substituents is 4.